The number of methoxy groups -OCH3 is 1. The van der Waals surface area contributed by atoms with Crippen LogP contribution in [0.15, 0.2) is 47.3 Å². The van der Waals surface area contributed by atoms with Crippen LogP contribution in [0.3, 0.4) is 0 Å². The van der Waals surface area contributed by atoms with Gasteiger partial charge in [0.25, 0.3) is 5.56 Å². The Kier molecular flexibility index (Phi) is 3.34. The standard InChI is InChI=1S/C19H16N2O3/c1-11-6-3-4-8-13(11)17-20-18(22)14-10-12-7-5-9-15(23-2)16(12)24-19(14)21-17/h3-9H,10H2,1-2H3,(H,20,21,22). The van der Waals surface area contributed by atoms with Gasteiger partial charge in [0.2, 0.25) is 5.88 Å². The lowest BCUT2D eigenvalue weighted by Crippen LogP contribution is -2.20. The molecule has 4 rings (SSSR count). The predicted molar refractivity (Wildman–Crippen MR) is 90.9 cm³/mol. The number of aromatic amines is 1. The molecule has 120 valence electrons. The lowest BCUT2D eigenvalue weighted by atomic mass is 10.0. The summed E-state index contributed by atoms with van der Waals surface area (Å²) in [5, 5.41) is 0. The molecule has 2 heterocycles. The second kappa shape index (κ2) is 5.53. The van der Waals surface area contributed by atoms with E-state index in [2.05, 4.69) is 9.97 Å². The molecule has 1 aliphatic rings. The summed E-state index contributed by atoms with van der Waals surface area (Å²) in [6.45, 7) is 1.98. The molecule has 5 nitrogen and oxygen atoms in total. The van der Waals surface area contributed by atoms with Gasteiger partial charge >= 0.3 is 0 Å². The summed E-state index contributed by atoms with van der Waals surface area (Å²) in [4.78, 5) is 19.9. The third kappa shape index (κ3) is 2.25. The maximum atomic E-state index is 12.5. The second-order valence-electron chi connectivity index (χ2n) is 5.74. The van der Waals surface area contributed by atoms with E-state index in [1.54, 1.807) is 7.11 Å². The minimum absolute atomic E-state index is 0.174. The number of rotatable bonds is 2. The first kappa shape index (κ1) is 14.5. The van der Waals surface area contributed by atoms with Crippen LogP contribution < -0.4 is 15.0 Å². The number of benzene rings is 2. The van der Waals surface area contributed by atoms with Crippen molar-refractivity contribution in [1.82, 2.24) is 9.97 Å². The number of H-pyrrole nitrogens is 1. The van der Waals surface area contributed by atoms with Gasteiger partial charge in [-0.15, -0.1) is 0 Å². The smallest absolute Gasteiger partial charge is 0.258 e. The molecule has 0 unspecified atom stereocenters. The normalized spacial score (nSPS) is 12.1. The molecule has 1 aromatic heterocycles. The van der Waals surface area contributed by atoms with Gasteiger partial charge in [0, 0.05) is 17.5 Å². The molecule has 3 aromatic rings. The minimum atomic E-state index is -0.174. The molecule has 0 saturated carbocycles. The van der Waals surface area contributed by atoms with Gasteiger partial charge < -0.3 is 14.5 Å². The van der Waals surface area contributed by atoms with E-state index >= 15 is 0 Å². The first-order chi connectivity index (χ1) is 11.7. The van der Waals surface area contributed by atoms with E-state index in [1.807, 2.05) is 49.4 Å². The Morgan fingerprint density at radius 3 is 2.79 bits per heavy atom. The van der Waals surface area contributed by atoms with Crippen molar-refractivity contribution in [3.05, 3.63) is 69.5 Å². The van der Waals surface area contributed by atoms with Crippen LogP contribution in [-0.2, 0) is 6.42 Å². The Bertz CT molecular complexity index is 992. The van der Waals surface area contributed by atoms with E-state index in [4.69, 9.17) is 9.47 Å². The molecule has 1 N–H and O–H groups in total. The molecule has 5 heteroatoms. The summed E-state index contributed by atoms with van der Waals surface area (Å²) >= 11 is 0. The molecule has 0 bridgehead atoms. The topological polar surface area (TPSA) is 64.2 Å². The predicted octanol–water partition coefficient (Wildman–Crippen LogP) is 3.45. The van der Waals surface area contributed by atoms with Crippen molar-refractivity contribution in [2.24, 2.45) is 0 Å². The Balaban J connectivity index is 1.86. The van der Waals surface area contributed by atoms with Gasteiger partial charge in [-0.05, 0) is 18.6 Å². The molecule has 0 atom stereocenters. The van der Waals surface area contributed by atoms with E-state index < -0.39 is 0 Å². The number of aromatic nitrogens is 2. The first-order valence-corrected chi connectivity index (χ1v) is 7.70. The second-order valence-corrected chi connectivity index (χ2v) is 5.74. The van der Waals surface area contributed by atoms with Crippen LogP contribution >= 0.6 is 0 Å². The van der Waals surface area contributed by atoms with Crippen molar-refractivity contribution in [1.29, 1.82) is 0 Å². The van der Waals surface area contributed by atoms with E-state index in [0.717, 1.165) is 16.7 Å². The quantitative estimate of drug-likeness (QED) is 0.614. The highest BCUT2D eigenvalue weighted by Gasteiger charge is 2.25. The number of nitrogens with zero attached hydrogens (tertiary/aromatic N) is 1. The molecule has 0 aliphatic carbocycles. The summed E-state index contributed by atoms with van der Waals surface area (Å²) in [7, 11) is 1.60. The average Bonchev–Trinajstić information content (AvgIpc) is 2.60. The van der Waals surface area contributed by atoms with Crippen molar-refractivity contribution < 1.29 is 9.47 Å². The van der Waals surface area contributed by atoms with Crippen molar-refractivity contribution in [2.75, 3.05) is 7.11 Å². The Labute approximate surface area is 138 Å². The zero-order valence-electron chi connectivity index (χ0n) is 13.4. The lowest BCUT2D eigenvalue weighted by Gasteiger charge is -2.21. The molecule has 0 amide bonds. The van der Waals surface area contributed by atoms with Crippen molar-refractivity contribution in [2.45, 2.75) is 13.3 Å². The Morgan fingerprint density at radius 2 is 2.00 bits per heavy atom. The third-order valence-corrected chi connectivity index (χ3v) is 4.22. The van der Waals surface area contributed by atoms with Gasteiger partial charge in [-0.3, -0.25) is 4.79 Å². The third-order valence-electron chi connectivity index (χ3n) is 4.22. The molecule has 2 aromatic carbocycles. The van der Waals surface area contributed by atoms with Gasteiger partial charge in [-0.25, -0.2) is 0 Å². The zero-order chi connectivity index (χ0) is 16.7. The van der Waals surface area contributed by atoms with Crippen LogP contribution in [0.4, 0.5) is 0 Å². The SMILES string of the molecule is COc1cccc2c1Oc1nc(-c3ccccc3C)[nH]c(=O)c1C2. The van der Waals surface area contributed by atoms with Gasteiger partial charge in [0.15, 0.2) is 11.5 Å². The molecular formula is C19H16N2O3. The van der Waals surface area contributed by atoms with E-state index in [-0.39, 0.29) is 5.56 Å². The molecule has 0 fully saturated rings. The molecular weight excluding hydrogens is 304 g/mol. The van der Waals surface area contributed by atoms with Crippen LogP contribution in [0.1, 0.15) is 16.7 Å². The number of fused-ring (bicyclic) bond motifs is 2. The number of hydrogen-bond donors (Lipinski definition) is 1. The molecule has 0 radical (unpaired) electrons. The van der Waals surface area contributed by atoms with Crippen LogP contribution in [0, 0.1) is 6.92 Å². The molecule has 0 spiro atoms. The van der Waals surface area contributed by atoms with Crippen molar-refractivity contribution >= 4 is 0 Å². The summed E-state index contributed by atoms with van der Waals surface area (Å²) < 4.78 is 11.3. The fourth-order valence-electron chi connectivity index (χ4n) is 2.95. The largest absolute Gasteiger partial charge is 0.493 e. The van der Waals surface area contributed by atoms with E-state index in [0.29, 0.717) is 35.2 Å². The summed E-state index contributed by atoms with van der Waals surface area (Å²) in [6, 6.07) is 13.4. The van der Waals surface area contributed by atoms with Crippen molar-refractivity contribution in [3.8, 4) is 28.8 Å². The van der Waals surface area contributed by atoms with Crippen LogP contribution in [-0.4, -0.2) is 17.1 Å². The number of hydrogen-bond acceptors (Lipinski definition) is 4. The fraction of sp³-hybridized carbons (Fsp3) is 0.158. The summed E-state index contributed by atoms with van der Waals surface area (Å²) in [5.74, 6) is 2.11. The Morgan fingerprint density at radius 1 is 1.17 bits per heavy atom. The van der Waals surface area contributed by atoms with Crippen molar-refractivity contribution in [3.63, 3.8) is 0 Å². The van der Waals surface area contributed by atoms with Gasteiger partial charge in [0.1, 0.15) is 5.82 Å². The highest BCUT2D eigenvalue weighted by Crippen LogP contribution is 2.40. The first-order valence-electron chi connectivity index (χ1n) is 7.70. The maximum absolute atomic E-state index is 12.5. The highest BCUT2D eigenvalue weighted by molar-refractivity contribution is 5.61. The van der Waals surface area contributed by atoms with Crippen LogP contribution in [0.25, 0.3) is 11.4 Å². The molecule has 1 aliphatic heterocycles. The average molecular weight is 320 g/mol. The monoisotopic (exact) mass is 320 g/mol. The molecule has 24 heavy (non-hydrogen) atoms. The molecule has 0 saturated heterocycles. The van der Waals surface area contributed by atoms with Gasteiger partial charge in [-0.2, -0.15) is 4.98 Å². The summed E-state index contributed by atoms with van der Waals surface area (Å²) in [6.07, 6.45) is 0.470. The van der Waals surface area contributed by atoms with Crippen LogP contribution in [0.5, 0.6) is 17.4 Å². The summed E-state index contributed by atoms with van der Waals surface area (Å²) in [5.41, 5.74) is 3.19. The van der Waals surface area contributed by atoms with E-state index in [1.165, 1.54) is 0 Å². The number of aryl methyl sites for hydroxylation is 1. The fourth-order valence-corrected chi connectivity index (χ4v) is 2.95. The van der Waals surface area contributed by atoms with E-state index in [9.17, 15) is 4.79 Å². The maximum Gasteiger partial charge on any atom is 0.258 e. The zero-order valence-corrected chi connectivity index (χ0v) is 13.4. The Hall–Kier alpha value is -3.08. The minimum Gasteiger partial charge on any atom is -0.493 e. The number of ether oxygens (including phenoxy) is 2. The number of nitrogens with one attached hydrogen (secondary N) is 1. The highest BCUT2D eigenvalue weighted by atomic mass is 16.5. The van der Waals surface area contributed by atoms with Crippen LogP contribution in [0.2, 0.25) is 0 Å². The van der Waals surface area contributed by atoms with Gasteiger partial charge in [0.05, 0.1) is 12.7 Å². The lowest BCUT2D eigenvalue weighted by molar-refractivity contribution is 0.365. The number of para-hydroxylation sites is 1. The van der Waals surface area contributed by atoms with Gasteiger partial charge in [-0.1, -0.05) is 36.4 Å².